The molecule has 2 saturated heterocycles. The van der Waals surface area contributed by atoms with Crippen molar-refractivity contribution < 1.29 is 26.5 Å². The Morgan fingerprint density at radius 2 is 1.07 bits per heavy atom. The van der Waals surface area contributed by atoms with Gasteiger partial charge in [-0.05, 0) is 23.6 Å². The number of halogens is 2. The van der Waals surface area contributed by atoms with E-state index < -0.39 is 19.0 Å². The van der Waals surface area contributed by atoms with E-state index in [1.807, 2.05) is 0 Å². The summed E-state index contributed by atoms with van der Waals surface area (Å²) >= 11 is 8.85. The van der Waals surface area contributed by atoms with Crippen LogP contribution in [-0.2, 0) is 41.7 Å². The van der Waals surface area contributed by atoms with Crippen molar-refractivity contribution in [2.75, 3.05) is 26.4 Å². The van der Waals surface area contributed by atoms with E-state index in [2.05, 4.69) is 23.6 Å². The molecule has 2 rings (SSSR count). The van der Waals surface area contributed by atoms with Gasteiger partial charge >= 0.3 is 13.6 Å². The average molecular weight is 296 g/mol. The monoisotopic (exact) mass is 296 g/mol. The first-order valence-electron chi connectivity index (χ1n) is 4.00. The van der Waals surface area contributed by atoms with E-state index in [0.29, 0.717) is 0 Å². The smallest absolute Gasteiger partial charge is 0.305 e. The molecule has 10 heteroatoms. The summed E-state index contributed by atoms with van der Waals surface area (Å²) in [6.45, 7) is -7.16. The Bertz CT molecular complexity index is 303. The van der Waals surface area contributed by atoms with Gasteiger partial charge in [0.25, 0.3) is 0 Å². The first-order valence-corrected chi connectivity index (χ1v) is 9.06. The van der Waals surface area contributed by atoms with E-state index in [9.17, 15) is 8.39 Å². The van der Waals surface area contributed by atoms with Crippen LogP contribution in [0.25, 0.3) is 0 Å². The van der Waals surface area contributed by atoms with Crippen LogP contribution in [0.1, 0.15) is 0 Å². The van der Waals surface area contributed by atoms with E-state index in [1.165, 1.54) is 0 Å². The van der Waals surface area contributed by atoms with Gasteiger partial charge in [-0.15, -0.1) is 0 Å². The SMILES string of the molecule is FP1(=S)OCC2(CO1)COP(F)(=S)OC2. The Labute approximate surface area is 95.8 Å². The molecular weight excluding hydrogens is 288 g/mol. The largest absolute Gasteiger partial charge is 0.365 e. The van der Waals surface area contributed by atoms with Crippen molar-refractivity contribution >= 4 is 37.2 Å². The fraction of sp³-hybridized carbons (Fsp3) is 1.00. The summed E-state index contributed by atoms with van der Waals surface area (Å²) in [5.74, 6) is 0. The standard InChI is InChI=1S/C5H8F2O4P2S2/c6-12(14)8-1-5(2-9-12)3-10-13(7,15)11-4-5/h1-4H2. The van der Waals surface area contributed by atoms with Crippen LogP contribution < -0.4 is 0 Å². The fourth-order valence-electron chi connectivity index (χ4n) is 1.18. The molecule has 2 heterocycles. The van der Waals surface area contributed by atoms with Crippen molar-refractivity contribution in [2.24, 2.45) is 5.41 Å². The maximum absolute atomic E-state index is 13.1. The molecule has 4 nitrogen and oxygen atoms in total. The molecule has 0 saturated carbocycles. The fourth-order valence-corrected chi connectivity index (χ4v) is 3.67. The van der Waals surface area contributed by atoms with Crippen molar-refractivity contribution in [3.63, 3.8) is 0 Å². The molecule has 0 radical (unpaired) electrons. The molecule has 1 spiro atoms. The Balaban J connectivity index is 2.01. The summed E-state index contributed by atoms with van der Waals surface area (Å²) in [6.07, 6.45) is 0. The molecular formula is C5H8F2O4P2S2. The zero-order chi connectivity index (χ0) is 11.2. The first kappa shape index (κ1) is 12.5. The van der Waals surface area contributed by atoms with Crippen molar-refractivity contribution in [1.82, 2.24) is 0 Å². The van der Waals surface area contributed by atoms with E-state index in [0.717, 1.165) is 0 Å². The van der Waals surface area contributed by atoms with Gasteiger partial charge in [0.15, 0.2) is 0 Å². The van der Waals surface area contributed by atoms with Crippen molar-refractivity contribution in [3.05, 3.63) is 0 Å². The van der Waals surface area contributed by atoms with Crippen molar-refractivity contribution in [1.29, 1.82) is 0 Å². The quantitative estimate of drug-likeness (QED) is 0.639. The molecule has 0 unspecified atom stereocenters. The van der Waals surface area contributed by atoms with Gasteiger partial charge in [-0.2, -0.15) is 8.39 Å². The zero-order valence-corrected chi connectivity index (χ0v) is 10.9. The minimum atomic E-state index is -3.60. The van der Waals surface area contributed by atoms with E-state index >= 15 is 0 Å². The van der Waals surface area contributed by atoms with E-state index in [1.54, 1.807) is 0 Å². The topological polar surface area (TPSA) is 36.9 Å². The van der Waals surface area contributed by atoms with E-state index in [-0.39, 0.29) is 26.4 Å². The molecule has 0 amide bonds. The van der Waals surface area contributed by atoms with Crippen LogP contribution >= 0.6 is 13.6 Å². The maximum atomic E-state index is 13.1. The van der Waals surface area contributed by atoms with Gasteiger partial charge in [-0.3, -0.25) is 0 Å². The van der Waals surface area contributed by atoms with Crippen LogP contribution in [0.5, 0.6) is 0 Å². The number of rotatable bonds is 0. The highest BCUT2D eigenvalue weighted by atomic mass is 32.5. The Morgan fingerprint density at radius 3 is 1.33 bits per heavy atom. The lowest BCUT2D eigenvalue weighted by atomic mass is 9.93. The first-order chi connectivity index (χ1) is 6.83. The highest BCUT2D eigenvalue weighted by molar-refractivity contribution is 8.07. The van der Waals surface area contributed by atoms with Crippen LogP contribution in [0.15, 0.2) is 0 Å². The molecule has 2 aliphatic rings. The second-order valence-corrected chi connectivity index (χ2v) is 8.83. The third-order valence-electron chi connectivity index (χ3n) is 2.10. The second kappa shape index (κ2) is 4.03. The molecule has 0 aliphatic carbocycles. The highest BCUT2D eigenvalue weighted by Gasteiger charge is 2.46. The van der Waals surface area contributed by atoms with Crippen LogP contribution in [0.4, 0.5) is 8.39 Å². The Hall–Kier alpha value is 1.000. The summed E-state index contributed by atoms with van der Waals surface area (Å²) in [5, 5.41) is 0. The Kier molecular flexibility index (Phi) is 3.35. The van der Waals surface area contributed by atoms with Gasteiger partial charge in [0, 0.05) is 0 Å². The normalized spacial score (nSPS) is 51.9. The van der Waals surface area contributed by atoms with E-state index in [4.69, 9.17) is 18.1 Å². The van der Waals surface area contributed by atoms with Gasteiger partial charge in [-0.1, -0.05) is 0 Å². The molecule has 0 bridgehead atoms. The molecule has 15 heavy (non-hydrogen) atoms. The number of hydrogen-bond acceptors (Lipinski definition) is 6. The summed E-state index contributed by atoms with van der Waals surface area (Å²) in [5.41, 5.74) is -0.678. The maximum Gasteiger partial charge on any atom is 0.365 e. The molecule has 0 N–H and O–H groups in total. The van der Waals surface area contributed by atoms with Crippen molar-refractivity contribution in [3.8, 4) is 0 Å². The van der Waals surface area contributed by atoms with Crippen LogP contribution in [0.2, 0.25) is 0 Å². The Morgan fingerprint density at radius 1 is 0.800 bits per heavy atom. The van der Waals surface area contributed by atoms with Gasteiger partial charge < -0.3 is 18.1 Å². The molecule has 0 aromatic heterocycles. The predicted octanol–water partition coefficient (Wildman–Crippen LogP) is 2.45. The van der Waals surface area contributed by atoms with Crippen LogP contribution in [0, 0.1) is 5.41 Å². The lowest BCUT2D eigenvalue weighted by Gasteiger charge is -2.41. The van der Waals surface area contributed by atoms with Gasteiger partial charge in [-0.25, -0.2) is 0 Å². The summed E-state index contributed by atoms with van der Waals surface area (Å²) in [4.78, 5) is 0. The number of hydrogen-bond donors (Lipinski definition) is 0. The van der Waals surface area contributed by atoms with Crippen LogP contribution in [-0.4, -0.2) is 26.4 Å². The van der Waals surface area contributed by atoms with Gasteiger partial charge in [0.2, 0.25) is 0 Å². The van der Waals surface area contributed by atoms with Gasteiger partial charge in [0.1, 0.15) is 0 Å². The van der Waals surface area contributed by atoms with Crippen molar-refractivity contribution in [2.45, 2.75) is 0 Å². The zero-order valence-electron chi connectivity index (χ0n) is 7.43. The van der Waals surface area contributed by atoms with Crippen LogP contribution in [0.3, 0.4) is 0 Å². The minimum absolute atomic E-state index is 0.0100. The molecule has 0 aromatic carbocycles. The third kappa shape index (κ3) is 3.01. The molecule has 2 aliphatic heterocycles. The predicted molar refractivity (Wildman–Crippen MR) is 57.0 cm³/mol. The highest BCUT2D eigenvalue weighted by Crippen LogP contribution is 2.60. The molecule has 2 fully saturated rings. The molecule has 0 atom stereocenters. The average Bonchev–Trinajstić information content (AvgIpc) is 2.15. The second-order valence-electron chi connectivity index (χ2n) is 3.46. The third-order valence-corrected chi connectivity index (χ3v) is 5.11. The summed E-state index contributed by atoms with van der Waals surface area (Å²) < 4.78 is 45.2. The van der Waals surface area contributed by atoms with Gasteiger partial charge in [0.05, 0.1) is 31.8 Å². The summed E-state index contributed by atoms with van der Waals surface area (Å²) in [6, 6.07) is 0. The summed E-state index contributed by atoms with van der Waals surface area (Å²) in [7, 11) is 0. The lowest BCUT2D eigenvalue weighted by molar-refractivity contribution is -0.0642. The molecule has 0 aromatic rings. The minimum Gasteiger partial charge on any atom is -0.305 e. The molecule has 88 valence electrons. The lowest BCUT2D eigenvalue weighted by Crippen LogP contribution is -2.44.